The summed E-state index contributed by atoms with van der Waals surface area (Å²) in [4.78, 5) is 10.3. The second-order valence-corrected chi connectivity index (χ2v) is 3.73. The average molecular weight is 186 g/mol. The fraction of sp³-hybridized carbons (Fsp3) is 0.889. The Kier molecular flexibility index (Phi) is 4.18. The zero-order valence-electron chi connectivity index (χ0n) is 7.83. The molecule has 0 amide bonds. The minimum absolute atomic E-state index is 0.516. The van der Waals surface area contributed by atoms with Gasteiger partial charge in [0.2, 0.25) is 0 Å². The van der Waals surface area contributed by atoms with Gasteiger partial charge in [-0.15, -0.1) is 0 Å². The molecule has 0 aromatic heterocycles. The topological polar surface area (TPSA) is 75.3 Å². The Labute approximate surface area is 78.5 Å². The SMILES string of the molecule is NC(CCNCC1CCC1)C(=O)O. The van der Waals surface area contributed by atoms with E-state index in [2.05, 4.69) is 5.32 Å². The third-order valence-electron chi connectivity index (χ3n) is 2.61. The summed E-state index contributed by atoms with van der Waals surface area (Å²) in [5.41, 5.74) is 5.34. The number of carboxylic acids is 1. The molecule has 1 aliphatic rings. The lowest BCUT2D eigenvalue weighted by molar-refractivity contribution is -0.138. The minimum Gasteiger partial charge on any atom is -0.480 e. The molecule has 0 aromatic rings. The molecule has 0 heterocycles. The van der Waals surface area contributed by atoms with Crippen molar-refractivity contribution in [2.75, 3.05) is 13.1 Å². The van der Waals surface area contributed by atoms with Crippen molar-refractivity contribution < 1.29 is 9.90 Å². The second kappa shape index (κ2) is 5.19. The summed E-state index contributed by atoms with van der Waals surface area (Å²) >= 11 is 0. The van der Waals surface area contributed by atoms with Crippen LogP contribution in [0.4, 0.5) is 0 Å². The Hall–Kier alpha value is -0.610. The van der Waals surface area contributed by atoms with Gasteiger partial charge in [-0.2, -0.15) is 0 Å². The Balaban J connectivity index is 1.90. The molecule has 1 atom stereocenters. The number of carboxylic acid groups (broad SMARTS) is 1. The predicted molar refractivity (Wildman–Crippen MR) is 50.4 cm³/mol. The van der Waals surface area contributed by atoms with Gasteiger partial charge in [0.05, 0.1) is 0 Å². The molecule has 1 unspecified atom stereocenters. The quantitative estimate of drug-likeness (QED) is 0.517. The summed E-state index contributed by atoms with van der Waals surface area (Å²) in [5.74, 6) is -0.0912. The summed E-state index contributed by atoms with van der Waals surface area (Å²) in [7, 11) is 0. The molecule has 0 aromatic carbocycles. The summed E-state index contributed by atoms with van der Waals surface area (Å²) in [6.45, 7) is 1.73. The molecule has 4 heteroatoms. The highest BCUT2D eigenvalue weighted by Gasteiger charge is 2.16. The highest BCUT2D eigenvalue weighted by molar-refractivity contribution is 5.72. The lowest BCUT2D eigenvalue weighted by atomic mass is 9.85. The molecule has 1 fully saturated rings. The Morgan fingerprint density at radius 2 is 2.31 bits per heavy atom. The highest BCUT2D eigenvalue weighted by Crippen LogP contribution is 2.24. The fourth-order valence-corrected chi connectivity index (χ4v) is 1.38. The van der Waals surface area contributed by atoms with E-state index in [1.807, 2.05) is 0 Å². The molecule has 0 spiro atoms. The number of nitrogens with one attached hydrogen (secondary N) is 1. The van der Waals surface area contributed by atoms with Crippen LogP contribution >= 0.6 is 0 Å². The van der Waals surface area contributed by atoms with Crippen molar-refractivity contribution in [3.63, 3.8) is 0 Å². The Morgan fingerprint density at radius 3 is 2.77 bits per heavy atom. The molecule has 0 radical (unpaired) electrons. The molecule has 13 heavy (non-hydrogen) atoms. The number of hydrogen-bond acceptors (Lipinski definition) is 3. The maximum absolute atomic E-state index is 10.3. The van der Waals surface area contributed by atoms with Crippen molar-refractivity contribution in [3.8, 4) is 0 Å². The van der Waals surface area contributed by atoms with Crippen LogP contribution in [0.2, 0.25) is 0 Å². The Bertz CT molecular complexity index is 169. The standard InChI is InChI=1S/C9H18N2O2/c10-8(9(12)13)4-5-11-6-7-2-1-3-7/h7-8,11H,1-6,10H2,(H,12,13). The van der Waals surface area contributed by atoms with E-state index < -0.39 is 12.0 Å². The van der Waals surface area contributed by atoms with Crippen LogP contribution in [-0.2, 0) is 4.79 Å². The number of nitrogens with two attached hydrogens (primary N) is 1. The van der Waals surface area contributed by atoms with Gasteiger partial charge in [0.25, 0.3) is 0 Å². The molecular formula is C9H18N2O2. The van der Waals surface area contributed by atoms with E-state index in [1.54, 1.807) is 0 Å². The van der Waals surface area contributed by atoms with Crippen LogP contribution in [0.1, 0.15) is 25.7 Å². The van der Waals surface area contributed by atoms with Gasteiger partial charge >= 0.3 is 5.97 Å². The maximum atomic E-state index is 10.3. The van der Waals surface area contributed by atoms with Crippen LogP contribution in [0.5, 0.6) is 0 Å². The summed E-state index contributed by atoms with van der Waals surface area (Å²) in [6, 6.07) is -0.714. The molecule has 76 valence electrons. The van der Waals surface area contributed by atoms with Gasteiger partial charge in [0, 0.05) is 0 Å². The van der Waals surface area contributed by atoms with Crippen molar-refractivity contribution in [2.24, 2.45) is 11.7 Å². The molecule has 4 N–H and O–H groups in total. The van der Waals surface area contributed by atoms with Gasteiger partial charge in [-0.25, -0.2) is 0 Å². The normalized spacial score (nSPS) is 19.5. The average Bonchev–Trinajstić information content (AvgIpc) is 2.00. The van der Waals surface area contributed by atoms with Crippen molar-refractivity contribution in [1.29, 1.82) is 0 Å². The maximum Gasteiger partial charge on any atom is 0.320 e. The molecule has 4 nitrogen and oxygen atoms in total. The first-order valence-electron chi connectivity index (χ1n) is 4.89. The van der Waals surface area contributed by atoms with Gasteiger partial charge in [0.15, 0.2) is 0 Å². The van der Waals surface area contributed by atoms with Gasteiger partial charge < -0.3 is 16.2 Å². The first-order valence-corrected chi connectivity index (χ1v) is 4.89. The molecule has 1 rings (SSSR count). The van der Waals surface area contributed by atoms with Crippen LogP contribution in [0.15, 0.2) is 0 Å². The van der Waals surface area contributed by atoms with Crippen molar-refractivity contribution in [1.82, 2.24) is 5.32 Å². The van der Waals surface area contributed by atoms with Crippen LogP contribution in [0.3, 0.4) is 0 Å². The van der Waals surface area contributed by atoms with Crippen molar-refractivity contribution in [2.45, 2.75) is 31.7 Å². The lowest BCUT2D eigenvalue weighted by Crippen LogP contribution is -2.35. The van der Waals surface area contributed by atoms with Crippen LogP contribution in [-0.4, -0.2) is 30.2 Å². The summed E-state index contributed by atoms with van der Waals surface area (Å²) in [5, 5.41) is 11.7. The molecule has 0 saturated heterocycles. The van der Waals surface area contributed by atoms with E-state index in [1.165, 1.54) is 19.3 Å². The van der Waals surface area contributed by atoms with E-state index in [4.69, 9.17) is 10.8 Å². The summed E-state index contributed by atoms with van der Waals surface area (Å²) < 4.78 is 0. The first-order chi connectivity index (χ1) is 6.20. The number of rotatable bonds is 6. The van der Waals surface area contributed by atoms with E-state index in [9.17, 15) is 4.79 Å². The van der Waals surface area contributed by atoms with E-state index in [0.29, 0.717) is 13.0 Å². The predicted octanol–water partition coefficient (Wildman–Crippen LogP) is 0.178. The molecule has 0 aliphatic heterocycles. The zero-order valence-corrected chi connectivity index (χ0v) is 7.83. The van der Waals surface area contributed by atoms with Gasteiger partial charge in [-0.3, -0.25) is 4.79 Å². The molecular weight excluding hydrogens is 168 g/mol. The van der Waals surface area contributed by atoms with Gasteiger partial charge in [0.1, 0.15) is 6.04 Å². The number of hydrogen-bond donors (Lipinski definition) is 3. The van der Waals surface area contributed by atoms with Crippen LogP contribution in [0.25, 0.3) is 0 Å². The lowest BCUT2D eigenvalue weighted by Gasteiger charge is -2.25. The van der Waals surface area contributed by atoms with E-state index >= 15 is 0 Å². The van der Waals surface area contributed by atoms with E-state index in [0.717, 1.165) is 12.5 Å². The molecule has 0 bridgehead atoms. The van der Waals surface area contributed by atoms with Crippen LogP contribution in [0, 0.1) is 5.92 Å². The van der Waals surface area contributed by atoms with Crippen LogP contribution < -0.4 is 11.1 Å². The first kappa shape index (κ1) is 10.5. The third-order valence-corrected chi connectivity index (χ3v) is 2.61. The molecule has 1 saturated carbocycles. The van der Waals surface area contributed by atoms with Crippen molar-refractivity contribution >= 4 is 5.97 Å². The monoisotopic (exact) mass is 186 g/mol. The minimum atomic E-state index is -0.912. The Morgan fingerprint density at radius 1 is 1.62 bits per heavy atom. The summed E-state index contributed by atoms with van der Waals surface area (Å²) in [6.07, 6.45) is 4.50. The van der Waals surface area contributed by atoms with Gasteiger partial charge in [-0.05, 0) is 38.3 Å². The molecule has 1 aliphatic carbocycles. The highest BCUT2D eigenvalue weighted by atomic mass is 16.4. The largest absolute Gasteiger partial charge is 0.480 e. The van der Waals surface area contributed by atoms with E-state index in [-0.39, 0.29) is 0 Å². The smallest absolute Gasteiger partial charge is 0.320 e. The number of carbonyl (C=O) groups is 1. The second-order valence-electron chi connectivity index (χ2n) is 3.73. The fourth-order valence-electron chi connectivity index (χ4n) is 1.38. The number of aliphatic carboxylic acids is 1. The van der Waals surface area contributed by atoms with Crippen molar-refractivity contribution in [3.05, 3.63) is 0 Å². The zero-order chi connectivity index (χ0) is 9.68. The van der Waals surface area contributed by atoms with Gasteiger partial charge in [-0.1, -0.05) is 6.42 Å². The third kappa shape index (κ3) is 3.74.